The van der Waals surface area contributed by atoms with Crippen molar-refractivity contribution in [3.8, 4) is 11.5 Å². The average molecular weight is 481 g/mol. The third-order valence-corrected chi connectivity index (χ3v) is 5.72. The number of methoxy groups -OCH3 is 1. The first-order valence-electron chi connectivity index (χ1n) is 11.4. The van der Waals surface area contributed by atoms with Crippen LogP contribution in [0.15, 0.2) is 63.9 Å². The lowest BCUT2D eigenvalue weighted by atomic mass is 9.91. The zero-order valence-electron chi connectivity index (χ0n) is 19.5. The Hall–Kier alpha value is -3.69. The second-order valence-corrected chi connectivity index (χ2v) is 8.15. The van der Waals surface area contributed by atoms with E-state index in [0.717, 1.165) is 5.69 Å². The summed E-state index contributed by atoms with van der Waals surface area (Å²) in [5, 5.41) is 10.6. The number of benzene rings is 1. The van der Waals surface area contributed by atoms with Crippen molar-refractivity contribution in [1.29, 1.82) is 0 Å². The zero-order chi connectivity index (χ0) is 24.6. The lowest BCUT2D eigenvalue weighted by Gasteiger charge is -2.28. The third kappa shape index (κ3) is 6.26. The van der Waals surface area contributed by atoms with Gasteiger partial charge in [0.05, 0.1) is 24.8 Å². The first-order valence-corrected chi connectivity index (χ1v) is 11.4. The smallest absolute Gasteiger partial charge is 0.227 e. The van der Waals surface area contributed by atoms with E-state index in [1.807, 2.05) is 24.3 Å². The summed E-state index contributed by atoms with van der Waals surface area (Å²) >= 11 is 0. The maximum atomic E-state index is 13.2. The molecular formula is C26H28N2O7. The summed E-state index contributed by atoms with van der Waals surface area (Å²) in [5.41, 5.74) is 0.843. The Bertz CT molecular complexity index is 1190. The number of aromatic hydroxyl groups is 1. The highest BCUT2D eigenvalue weighted by Crippen LogP contribution is 2.35. The summed E-state index contributed by atoms with van der Waals surface area (Å²) in [5.74, 6) is -0.522. The number of ether oxygens (including phenoxy) is 3. The highest BCUT2D eigenvalue weighted by molar-refractivity contribution is 5.78. The molecule has 35 heavy (non-hydrogen) atoms. The SMILES string of the molecule is COCc1cc(=O)c(O)c(C(CC(=O)N2CCOCC2)c2cccc(OCc3ccccn3)c2)o1. The van der Waals surface area contributed by atoms with Crippen molar-refractivity contribution < 1.29 is 28.5 Å². The highest BCUT2D eigenvalue weighted by Gasteiger charge is 2.29. The van der Waals surface area contributed by atoms with Gasteiger partial charge in [-0.1, -0.05) is 18.2 Å². The van der Waals surface area contributed by atoms with Crippen molar-refractivity contribution in [2.45, 2.75) is 25.6 Å². The van der Waals surface area contributed by atoms with Crippen molar-refractivity contribution in [3.63, 3.8) is 0 Å². The number of carbonyl (C=O) groups is 1. The summed E-state index contributed by atoms with van der Waals surface area (Å²) in [6.07, 6.45) is 1.69. The summed E-state index contributed by atoms with van der Waals surface area (Å²) in [7, 11) is 1.48. The molecule has 1 aromatic carbocycles. The number of nitrogens with zero attached hydrogens (tertiary/aromatic N) is 2. The summed E-state index contributed by atoms with van der Waals surface area (Å²) in [6.45, 7) is 2.23. The molecule has 0 radical (unpaired) electrons. The standard InChI is InChI=1S/C26H28N2O7/c1-32-17-21-14-23(29)25(31)26(35-21)22(15-24(30)28-9-11-33-12-10-28)18-5-4-7-20(13-18)34-16-19-6-2-3-8-27-19/h2-8,13-14,22,31H,9-12,15-17H2,1H3. The van der Waals surface area contributed by atoms with Gasteiger partial charge in [0.25, 0.3) is 0 Å². The molecule has 3 aromatic rings. The van der Waals surface area contributed by atoms with E-state index in [1.165, 1.54) is 13.2 Å². The second kappa shape index (κ2) is 11.6. The normalized spacial score (nSPS) is 14.5. The molecule has 9 heteroatoms. The molecule has 0 spiro atoms. The van der Waals surface area contributed by atoms with Crippen LogP contribution in [0.4, 0.5) is 0 Å². The molecule has 1 saturated heterocycles. The topological polar surface area (TPSA) is 111 Å². The number of pyridine rings is 1. The van der Waals surface area contributed by atoms with E-state index in [-0.39, 0.29) is 37.1 Å². The van der Waals surface area contributed by atoms with Gasteiger partial charge in [0, 0.05) is 38.9 Å². The van der Waals surface area contributed by atoms with Crippen molar-refractivity contribution in [3.05, 3.63) is 87.7 Å². The fourth-order valence-corrected chi connectivity index (χ4v) is 3.94. The summed E-state index contributed by atoms with van der Waals surface area (Å²) < 4.78 is 22.2. The van der Waals surface area contributed by atoms with Crippen LogP contribution in [0.5, 0.6) is 11.5 Å². The predicted octanol–water partition coefficient (Wildman–Crippen LogP) is 2.85. The Morgan fingerprint density at radius 2 is 1.97 bits per heavy atom. The number of carbonyl (C=O) groups excluding carboxylic acids is 1. The van der Waals surface area contributed by atoms with Crippen LogP contribution in [0.25, 0.3) is 0 Å². The molecule has 2 aromatic heterocycles. The summed E-state index contributed by atoms with van der Waals surface area (Å²) in [4.78, 5) is 31.6. The lowest BCUT2D eigenvalue weighted by molar-refractivity contribution is -0.135. The van der Waals surface area contributed by atoms with Gasteiger partial charge in [-0.25, -0.2) is 0 Å². The number of morpholine rings is 1. The van der Waals surface area contributed by atoms with Gasteiger partial charge in [0.2, 0.25) is 17.1 Å². The van der Waals surface area contributed by atoms with Crippen LogP contribution in [-0.2, 0) is 27.5 Å². The molecular weight excluding hydrogens is 452 g/mol. The number of aromatic nitrogens is 1. The van der Waals surface area contributed by atoms with Crippen LogP contribution in [0, 0.1) is 0 Å². The molecule has 1 aliphatic heterocycles. The molecule has 1 fully saturated rings. The van der Waals surface area contributed by atoms with Crippen molar-refractivity contribution >= 4 is 5.91 Å². The van der Waals surface area contributed by atoms with Gasteiger partial charge in [-0.2, -0.15) is 0 Å². The van der Waals surface area contributed by atoms with Crippen LogP contribution in [-0.4, -0.2) is 54.3 Å². The highest BCUT2D eigenvalue weighted by atomic mass is 16.5. The van der Waals surface area contributed by atoms with E-state index in [0.29, 0.717) is 37.6 Å². The van der Waals surface area contributed by atoms with Crippen molar-refractivity contribution in [2.24, 2.45) is 0 Å². The third-order valence-electron chi connectivity index (χ3n) is 5.72. The molecule has 1 N–H and O–H groups in total. The van der Waals surface area contributed by atoms with Gasteiger partial charge >= 0.3 is 0 Å². The monoisotopic (exact) mass is 480 g/mol. The van der Waals surface area contributed by atoms with E-state index in [4.69, 9.17) is 18.6 Å². The molecule has 0 saturated carbocycles. The Kier molecular flexibility index (Phi) is 8.12. The van der Waals surface area contributed by atoms with E-state index >= 15 is 0 Å². The van der Waals surface area contributed by atoms with Gasteiger partial charge in [-0.05, 0) is 29.8 Å². The maximum absolute atomic E-state index is 13.2. The van der Waals surface area contributed by atoms with E-state index in [1.54, 1.807) is 29.3 Å². The average Bonchev–Trinajstić information content (AvgIpc) is 2.89. The largest absolute Gasteiger partial charge is 0.502 e. The molecule has 1 aliphatic rings. The minimum absolute atomic E-state index is 0.00334. The van der Waals surface area contributed by atoms with E-state index < -0.39 is 17.1 Å². The maximum Gasteiger partial charge on any atom is 0.227 e. The van der Waals surface area contributed by atoms with Crippen molar-refractivity contribution in [1.82, 2.24) is 9.88 Å². The fourth-order valence-electron chi connectivity index (χ4n) is 3.94. The van der Waals surface area contributed by atoms with Crippen molar-refractivity contribution in [2.75, 3.05) is 33.4 Å². The lowest BCUT2D eigenvalue weighted by Crippen LogP contribution is -2.41. The zero-order valence-corrected chi connectivity index (χ0v) is 19.5. The summed E-state index contributed by atoms with van der Waals surface area (Å²) in [6, 6.07) is 14.0. The molecule has 1 amide bonds. The van der Waals surface area contributed by atoms with Crippen LogP contribution in [0.3, 0.4) is 0 Å². The van der Waals surface area contributed by atoms with Crippen LogP contribution in [0.1, 0.15) is 35.1 Å². The van der Waals surface area contributed by atoms with E-state index in [2.05, 4.69) is 4.98 Å². The van der Waals surface area contributed by atoms with Crippen LogP contribution in [0.2, 0.25) is 0 Å². The molecule has 1 unspecified atom stereocenters. The Balaban J connectivity index is 1.66. The molecule has 0 aliphatic carbocycles. The number of hydrogen-bond donors (Lipinski definition) is 1. The van der Waals surface area contributed by atoms with E-state index in [9.17, 15) is 14.7 Å². The molecule has 3 heterocycles. The molecule has 4 rings (SSSR count). The predicted molar refractivity (Wildman–Crippen MR) is 126 cm³/mol. The quantitative estimate of drug-likeness (QED) is 0.498. The van der Waals surface area contributed by atoms with Gasteiger partial charge < -0.3 is 28.6 Å². The fraction of sp³-hybridized carbons (Fsp3) is 0.346. The number of amides is 1. The first-order chi connectivity index (χ1) is 17.0. The number of hydrogen-bond acceptors (Lipinski definition) is 8. The Labute approximate surface area is 202 Å². The first kappa shape index (κ1) is 24.4. The Morgan fingerprint density at radius 3 is 2.71 bits per heavy atom. The second-order valence-electron chi connectivity index (χ2n) is 8.15. The van der Waals surface area contributed by atoms with Gasteiger partial charge in [0.15, 0.2) is 5.76 Å². The number of rotatable bonds is 9. The molecule has 9 nitrogen and oxygen atoms in total. The van der Waals surface area contributed by atoms with Gasteiger partial charge in [-0.3, -0.25) is 14.6 Å². The molecule has 0 bridgehead atoms. The Morgan fingerprint density at radius 1 is 1.14 bits per heavy atom. The molecule has 184 valence electrons. The minimum Gasteiger partial charge on any atom is -0.502 e. The van der Waals surface area contributed by atoms with Gasteiger partial charge in [0.1, 0.15) is 24.7 Å². The molecule has 1 atom stereocenters. The minimum atomic E-state index is -0.715. The van der Waals surface area contributed by atoms with Gasteiger partial charge in [-0.15, -0.1) is 0 Å². The van der Waals surface area contributed by atoms with Crippen LogP contribution >= 0.6 is 0 Å². The van der Waals surface area contributed by atoms with Crippen LogP contribution < -0.4 is 10.2 Å².